The topological polar surface area (TPSA) is 70.2 Å². The lowest BCUT2D eigenvalue weighted by atomic mass is 9.93. The first-order valence-corrected chi connectivity index (χ1v) is 10.9. The molecule has 3 heterocycles. The summed E-state index contributed by atoms with van der Waals surface area (Å²) in [5.41, 5.74) is 1.32. The second kappa shape index (κ2) is 9.07. The number of benzene rings is 1. The van der Waals surface area contributed by atoms with Crippen LogP contribution < -0.4 is 15.5 Å². The van der Waals surface area contributed by atoms with E-state index in [-0.39, 0.29) is 16.3 Å². The second-order valence-electron chi connectivity index (χ2n) is 7.59. The minimum Gasteiger partial charge on any atom is -0.368 e. The van der Waals surface area contributed by atoms with Crippen LogP contribution in [0.2, 0.25) is 0 Å². The van der Waals surface area contributed by atoms with Crippen LogP contribution in [0.4, 0.5) is 20.2 Å². The van der Waals surface area contributed by atoms with E-state index >= 15 is 0 Å². The molecule has 0 radical (unpaired) electrons. The number of thiazole rings is 1. The third kappa shape index (κ3) is 4.42. The van der Waals surface area contributed by atoms with Crippen molar-refractivity contribution in [3.8, 4) is 10.6 Å². The van der Waals surface area contributed by atoms with Crippen LogP contribution in [0.25, 0.3) is 10.6 Å². The van der Waals surface area contributed by atoms with E-state index in [9.17, 15) is 13.6 Å². The van der Waals surface area contributed by atoms with Gasteiger partial charge in [0.2, 0.25) is 0 Å². The Hall–Kier alpha value is -2.91. The Morgan fingerprint density at radius 1 is 1.26 bits per heavy atom. The number of pyridine rings is 1. The molecule has 0 bridgehead atoms. The van der Waals surface area contributed by atoms with Crippen molar-refractivity contribution in [2.75, 3.05) is 30.4 Å². The maximum Gasteiger partial charge on any atom is 0.275 e. The first-order valence-electron chi connectivity index (χ1n) is 10.1. The summed E-state index contributed by atoms with van der Waals surface area (Å²) in [6, 6.07) is 5.85. The molecular weight excluding hydrogens is 420 g/mol. The summed E-state index contributed by atoms with van der Waals surface area (Å²) in [4.78, 5) is 23.3. The molecule has 1 aliphatic heterocycles. The molecule has 6 nitrogen and oxygen atoms in total. The maximum absolute atomic E-state index is 14.0. The monoisotopic (exact) mass is 443 g/mol. The molecule has 2 aromatic heterocycles. The largest absolute Gasteiger partial charge is 0.368 e. The molecule has 4 rings (SSSR count). The van der Waals surface area contributed by atoms with Crippen molar-refractivity contribution in [3.05, 3.63) is 59.4 Å². The lowest BCUT2D eigenvalue weighted by molar-refractivity contribution is 0.102. The van der Waals surface area contributed by atoms with Gasteiger partial charge in [0.25, 0.3) is 5.91 Å². The molecule has 2 N–H and O–H groups in total. The van der Waals surface area contributed by atoms with Gasteiger partial charge in [0.05, 0.1) is 23.1 Å². The number of anilines is 2. The summed E-state index contributed by atoms with van der Waals surface area (Å²) in [5.74, 6) is -1.32. The molecule has 9 heteroatoms. The van der Waals surface area contributed by atoms with Gasteiger partial charge in [-0.25, -0.2) is 13.8 Å². The van der Waals surface area contributed by atoms with Crippen LogP contribution in [0.15, 0.2) is 42.0 Å². The van der Waals surface area contributed by atoms with Gasteiger partial charge in [0.15, 0.2) is 0 Å². The summed E-state index contributed by atoms with van der Waals surface area (Å²) < 4.78 is 28.1. The number of piperidine rings is 1. The Balaban J connectivity index is 1.55. The molecule has 0 aliphatic carbocycles. The van der Waals surface area contributed by atoms with Crippen molar-refractivity contribution in [2.24, 2.45) is 5.92 Å². The van der Waals surface area contributed by atoms with Crippen LogP contribution >= 0.6 is 11.3 Å². The molecule has 1 fully saturated rings. The summed E-state index contributed by atoms with van der Waals surface area (Å²) in [6.07, 6.45) is 4.33. The predicted molar refractivity (Wildman–Crippen MR) is 118 cm³/mol. The Kier molecular flexibility index (Phi) is 6.24. The van der Waals surface area contributed by atoms with Crippen molar-refractivity contribution in [1.82, 2.24) is 15.3 Å². The molecule has 162 valence electrons. The summed E-state index contributed by atoms with van der Waals surface area (Å²) in [6.45, 7) is 3.92. The summed E-state index contributed by atoms with van der Waals surface area (Å²) >= 11 is 1.02. The molecule has 0 saturated carbocycles. The number of hydrogen-bond donors (Lipinski definition) is 2. The first-order chi connectivity index (χ1) is 15.0. The highest BCUT2D eigenvalue weighted by atomic mass is 32.1. The van der Waals surface area contributed by atoms with Crippen LogP contribution in [-0.4, -0.2) is 42.1 Å². The highest BCUT2D eigenvalue weighted by Gasteiger charge is 2.27. The van der Waals surface area contributed by atoms with Gasteiger partial charge in [-0.1, -0.05) is 13.0 Å². The number of nitrogens with one attached hydrogen (secondary N) is 2. The number of carbonyl (C=O) groups is 1. The Labute approximate surface area is 183 Å². The lowest BCUT2D eigenvalue weighted by Crippen LogP contribution is -2.49. The highest BCUT2D eigenvalue weighted by Crippen LogP contribution is 2.31. The number of halogens is 2. The Bertz CT molecular complexity index is 1070. The summed E-state index contributed by atoms with van der Waals surface area (Å²) in [7, 11) is 1.96. The van der Waals surface area contributed by atoms with Crippen LogP contribution in [0, 0.1) is 17.6 Å². The zero-order chi connectivity index (χ0) is 22.0. The minimum atomic E-state index is -0.714. The van der Waals surface area contributed by atoms with Crippen molar-refractivity contribution in [1.29, 1.82) is 0 Å². The van der Waals surface area contributed by atoms with E-state index in [0.29, 0.717) is 17.6 Å². The number of aromatic nitrogens is 2. The molecular formula is C22H23F2N5OS. The van der Waals surface area contributed by atoms with Crippen molar-refractivity contribution >= 4 is 28.6 Å². The van der Waals surface area contributed by atoms with E-state index in [1.807, 2.05) is 13.1 Å². The SMILES string of the molecule is CNC1CN(c2ccncc2NC(=O)c2csc(-c3c(F)cccc3F)n2)CCC1C. The third-order valence-corrected chi connectivity index (χ3v) is 6.49. The van der Waals surface area contributed by atoms with Crippen LogP contribution in [0.1, 0.15) is 23.8 Å². The van der Waals surface area contributed by atoms with Crippen molar-refractivity contribution < 1.29 is 13.6 Å². The third-order valence-electron chi connectivity index (χ3n) is 5.63. The molecule has 3 aromatic rings. The molecule has 1 aromatic carbocycles. The second-order valence-corrected chi connectivity index (χ2v) is 8.45. The van der Waals surface area contributed by atoms with Gasteiger partial charge in [0.1, 0.15) is 22.3 Å². The number of hydrogen-bond acceptors (Lipinski definition) is 6. The predicted octanol–water partition coefficient (Wildman–Crippen LogP) is 4.17. The van der Waals surface area contributed by atoms with Gasteiger partial charge in [-0.3, -0.25) is 9.78 Å². The smallest absolute Gasteiger partial charge is 0.275 e. The van der Waals surface area contributed by atoms with Crippen molar-refractivity contribution in [2.45, 2.75) is 19.4 Å². The highest BCUT2D eigenvalue weighted by molar-refractivity contribution is 7.13. The van der Waals surface area contributed by atoms with Gasteiger partial charge in [-0.2, -0.15) is 0 Å². The van der Waals surface area contributed by atoms with Crippen LogP contribution in [0.5, 0.6) is 0 Å². The molecule has 1 aliphatic rings. The molecule has 0 spiro atoms. The number of carbonyl (C=O) groups excluding carboxylic acids is 1. The van der Waals surface area contributed by atoms with Gasteiger partial charge in [0, 0.05) is 30.7 Å². The average molecular weight is 444 g/mol. The normalized spacial score (nSPS) is 18.8. The lowest BCUT2D eigenvalue weighted by Gasteiger charge is -2.39. The standard InChI is InChI=1S/C22H23F2N5OS/c1-13-7-9-29(11-17(13)25-2)19-6-8-26-10-16(19)27-21(30)18-12-31-22(28-18)20-14(23)4-3-5-15(20)24/h3-6,8,10,12-13,17,25H,7,9,11H2,1-2H3,(H,27,30). The minimum absolute atomic E-state index is 0.0952. The molecule has 1 saturated heterocycles. The van der Waals surface area contributed by atoms with E-state index in [4.69, 9.17) is 0 Å². The number of nitrogens with zero attached hydrogens (tertiary/aromatic N) is 3. The van der Waals surface area contributed by atoms with Crippen LogP contribution in [-0.2, 0) is 0 Å². The van der Waals surface area contributed by atoms with E-state index < -0.39 is 17.5 Å². The number of rotatable bonds is 5. The van der Waals surface area contributed by atoms with Gasteiger partial charge in [-0.15, -0.1) is 11.3 Å². The van der Waals surface area contributed by atoms with Gasteiger partial charge in [-0.05, 0) is 37.6 Å². The molecule has 1 amide bonds. The molecule has 2 atom stereocenters. The fraction of sp³-hybridized carbons (Fsp3) is 0.318. The molecule has 31 heavy (non-hydrogen) atoms. The Morgan fingerprint density at radius 2 is 2.03 bits per heavy atom. The van der Waals surface area contributed by atoms with Gasteiger partial charge >= 0.3 is 0 Å². The van der Waals surface area contributed by atoms with Gasteiger partial charge < -0.3 is 15.5 Å². The molecule has 2 unspecified atom stereocenters. The van der Waals surface area contributed by atoms with E-state index in [2.05, 4.69) is 32.4 Å². The first kappa shape index (κ1) is 21.3. The number of amides is 1. The number of likely N-dealkylation sites (N-methyl/N-ethyl adjacent to an activating group) is 1. The van der Waals surface area contributed by atoms with E-state index in [1.165, 1.54) is 23.6 Å². The van der Waals surface area contributed by atoms with Crippen LogP contribution in [0.3, 0.4) is 0 Å². The fourth-order valence-electron chi connectivity index (χ4n) is 3.80. The zero-order valence-corrected chi connectivity index (χ0v) is 18.0. The van der Waals surface area contributed by atoms with E-state index in [0.717, 1.165) is 36.5 Å². The fourth-order valence-corrected chi connectivity index (χ4v) is 4.65. The van der Waals surface area contributed by atoms with Crippen molar-refractivity contribution in [3.63, 3.8) is 0 Å². The zero-order valence-electron chi connectivity index (χ0n) is 17.2. The maximum atomic E-state index is 14.0. The summed E-state index contributed by atoms with van der Waals surface area (Å²) in [5, 5.41) is 7.82. The Morgan fingerprint density at radius 3 is 2.77 bits per heavy atom. The van der Waals surface area contributed by atoms with E-state index in [1.54, 1.807) is 12.4 Å². The average Bonchev–Trinajstić information content (AvgIpc) is 3.24. The quantitative estimate of drug-likeness (QED) is 0.619.